The molecule has 0 spiro atoms. The van der Waals surface area contributed by atoms with Gasteiger partial charge in [-0.15, -0.1) is 0 Å². The molecular weight excluding hydrogens is 810 g/mol. The number of rotatable bonds is 49. The number of esters is 2. The fraction of sp³-hybridized carbons (Fsp3) is 0.887. The van der Waals surface area contributed by atoms with E-state index in [0.717, 1.165) is 51.4 Å². The molecule has 0 aliphatic heterocycles. The van der Waals surface area contributed by atoms with Crippen LogP contribution in [0.25, 0.3) is 0 Å². The van der Waals surface area contributed by atoms with Gasteiger partial charge < -0.3 is 18.9 Å². The minimum absolute atomic E-state index is 0.0322. The molecule has 0 aromatic heterocycles. The van der Waals surface area contributed by atoms with Crippen molar-refractivity contribution in [1.29, 1.82) is 0 Å². The first-order valence-electron chi connectivity index (χ1n) is 26.6. The molecule has 0 fully saturated rings. The summed E-state index contributed by atoms with van der Waals surface area (Å²) in [6, 6.07) is 0. The van der Waals surface area contributed by atoms with Gasteiger partial charge in [0, 0.05) is 12.8 Å². The zero-order valence-corrected chi connectivity index (χ0v) is 43.0. The number of nitrogens with zero attached hydrogens (tertiary/aromatic N) is 1. The molecule has 0 heterocycles. The summed E-state index contributed by atoms with van der Waals surface area (Å²) in [7, 11) is 1.48. The topological polar surface area (TPSA) is 108 Å². The summed E-state index contributed by atoms with van der Waals surface area (Å²) in [6.07, 6.45) is 52.3. The highest BCUT2D eigenvalue weighted by atomic mass is 31.2. The normalized spacial score (nSPS) is 13.6. The number of phosphoric ester groups is 1. The number of allylic oxidation sites excluding steroid dienone is 4. The zero-order chi connectivity index (χ0) is 46.4. The molecule has 0 saturated heterocycles. The van der Waals surface area contributed by atoms with Gasteiger partial charge in [0.25, 0.3) is 0 Å². The maximum atomic E-state index is 12.8. The smallest absolute Gasteiger partial charge is 0.462 e. The summed E-state index contributed by atoms with van der Waals surface area (Å²) in [5, 5.41) is 0. The largest absolute Gasteiger partial charge is 0.472 e. The molecule has 2 atom stereocenters. The second kappa shape index (κ2) is 45.6. The summed E-state index contributed by atoms with van der Waals surface area (Å²) in [4.78, 5) is 35.6. The van der Waals surface area contributed by atoms with Crippen molar-refractivity contribution in [1.82, 2.24) is 0 Å². The van der Waals surface area contributed by atoms with Crippen LogP contribution in [0.1, 0.15) is 251 Å². The molecule has 1 unspecified atom stereocenters. The van der Waals surface area contributed by atoms with Crippen LogP contribution in [0.15, 0.2) is 24.3 Å². The molecule has 0 aromatic rings. The predicted octanol–water partition coefficient (Wildman–Crippen LogP) is 15.9. The Kier molecular flexibility index (Phi) is 44.5. The molecule has 0 saturated carbocycles. The van der Waals surface area contributed by atoms with E-state index in [2.05, 4.69) is 38.2 Å². The van der Waals surface area contributed by atoms with Crippen LogP contribution in [0.5, 0.6) is 0 Å². The molecule has 63 heavy (non-hydrogen) atoms. The fourth-order valence-corrected chi connectivity index (χ4v) is 8.32. The number of hydrogen-bond donors (Lipinski definition) is 1. The Morgan fingerprint density at radius 3 is 1.29 bits per heavy atom. The fourth-order valence-electron chi connectivity index (χ4n) is 7.58. The number of hydrogen-bond acceptors (Lipinski definition) is 7. The van der Waals surface area contributed by atoms with Crippen molar-refractivity contribution in [2.24, 2.45) is 0 Å². The summed E-state index contributed by atoms with van der Waals surface area (Å²) in [5.41, 5.74) is 0. The predicted molar refractivity (Wildman–Crippen MR) is 266 cm³/mol. The molecule has 0 aromatic carbocycles. The quantitative estimate of drug-likeness (QED) is 0.0211. The van der Waals surface area contributed by atoms with Gasteiger partial charge in [-0.2, -0.15) is 0 Å². The number of carbonyl (C=O) groups excluding carboxylic acids is 2. The van der Waals surface area contributed by atoms with Gasteiger partial charge in [0.1, 0.15) is 19.8 Å². The molecule has 0 aliphatic rings. The molecule has 372 valence electrons. The summed E-state index contributed by atoms with van der Waals surface area (Å²) in [5.74, 6) is -0.794. The second-order valence-corrected chi connectivity index (χ2v) is 20.7. The van der Waals surface area contributed by atoms with Gasteiger partial charge in [-0.25, -0.2) is 4.57 Å². The summed E-state index contributed by atoms with van der Waals surface area (Å²) < 4.78 is 34.5. The number of ether oxygens (including phenoxy) is 2. The van der Waals surface area contributed by atoms with E-state index < -0.39 is 26.5 Å². The number of carbonyl (C=O) groups is 2. The minimum Gasteiger partial charge on any atom is -0.462 e. The van der Waals surface area contributed by atoms with Crippen molar-refractivity contribution in [2.75, 3.05) is 47.5 Å². The van der Waals surface area contributed by atoms with E-state index in [1.165, 1.54) is 167 Å². The highest BCUT2D eigenvalue weighted by molar-refractivity contribution is 7.47. The van der Waals surface area contributed by atoms with Crippen LogP contribution in [-0.4, -0.2) is 74.9 Å². The van der Waals surface area contributed by atoms with E-state index >= 15 is 0 Å². The number of quaternary nitrogens is 1. The highest BCUT2D eigenvalue weighted by Crippen LogP contribution is 2.43. The van der Waals surface area contributed by atoms with Crippen LogP contribution in [0.3, 0.4) is 0 Å². The molecule has 0 amide bonds. The van der Waals surface area contributed by atoms with Crippen molar-refractivity contribution in [3.05, 3.63) is 24.3 Å². The standard InChI is InChI=1S/C53H102NO8P/c1-6-8-10-12-14-16-18-20-22-24-25-26-27-28-30-31-33-35-37-39-41-43-45-52(55)59-49-51(50-61-63(57,58)60-48-47-54(3,4)5)62-53(56)46-44-42-40-38-36-34-32-29-23-21-19-17-15-13-11-9-7-2/h15,17,21,23,51H,6-14,16,18-20,22,24-50H2,1-5H3/p+1/b17-15+,23-21+/t51-/m1/s1. The summed E-state index contributed by atoms with van der Waals surface area (Å²) in [6.45, 7) is 4.44. The van der Waals surface area contributed by atoms with Crippen LogP contribution < -0.4 is 0 Å². The molecule has 10 heteroatoms. The first-order valence-corrected chi connectivity index (χ1v) is 28.1. The molecule has 0 aliphatic carbocycles. The van der Waals surface area contributed by atoms with Crippen LogP contribution >= 0.6 is 7.82 Å². The van der Waals surface area contributed by atoms with E-state index in [-0.39, 0.29) is 25.6 Å². The number of phosphoric acid groups is 1. The second-order valence-electron chi connectivity index (χ2n) is 19.3. The van der Waals surface area contributed by atoms with Crippen LogP contribution in [0.4, 0.5) is 0 Å². The van der Waals surface area contributed by atoms with Gasteiger partial charge in [0.2, 0.25) is 0 Å². The van der Waals surface area contributed by atoms with Crippen LogP contribution in [-0.2, 0) is 32.7 Å². The van der Waals surface area contributed by atoms with Crippen molar-refractivity contribution < 1.29 is 42.1 Å². The lowest BCUT2D eigenvalue weighted by Gasteiger charge is -2.24. The summed E-state index contributed by atoms with van der Waals surface area (Å²) >= 11 is 0. The van der Waals surface area contributed by atoms with Gasteiger partial charge in [-0.3, -0.25) is 18.6 Å². The van der Waals surface area contributed by atoms with Crippen molar-refractivity contribution in [3.8, 4) is 0 Å². The van der Waals surface area contributed by atoms with Crippen molar-refractivity contribution in [2.45, 2.75) is 258 Å². The average Bonchev–Trinajstić information content (AvgIpc) is 3.24. The van der Waals surface area contributed by atoms with Crippen molar-refractivity contribution >= 4 is 19.8 Å². The van der Waals surface area contributed by atoms with Crippen LogP contribution in [0.2, 0.25) is 0 Å². The third-order valence-corrected chi connectivity index (χ3v) is 12.7. The number of unbranched alkanes of at least 4 members (excludes halogenated alkanes) is 31. The van der Waals surface area contributed by atoms with E-state index in [0.29, 0.717) is 23.9 Å². The van der Waals surface area contributed by atoms with Gasteiger partial charge in [-0.05, 0) is 44.9 Å². The highest BCUT2D eigenvalue weighted by Gasteiger charge is 2.27. The third kappa shape index (κ3) is 49.8. The Morgan fingerprint density at radius 1 is 0.492 bits per heavy atom. The molecule has 0 rings (SSSR count). The Morgan fingerprint density at radius 2 is 0.857 bits per heavy atom. The molecule has 0 radical (unpaired) electrons. The van der Waals surface area contributed by atoms with Crippen LogP contribution in [0, 0.1) is 0 Å². The van der Waals surface area contributed by atoms with E-state index in [4.69, 9.17) is 18.5 Å². The van der Waals surface area contributed by atoms with Gasteiger partial charge in [-0.1, -0.05) is 218 Å². The van der Waals surface area contributed by atoms with Gasteiger partial charge in [0.05, 0.1) is 27.7 Å². The molecule has 9 nitrogen and oxygen atoms in total. The number of likely N-dealkylation sites (N-methyl/N-ethyl adjacent to an activating group) is 1. The zero-order valence-electron chi connectivity index (χ0n) is 42.1. The Labute approximate surface area is 389 Å². The third-order valence-electron chi connectivity index (χ3n) is 11.7. The van der Waals surface area contributed by atoms with E-state index in [9.17, 15) is 19.0 Å². The Hall–Kier alpha value is -1.51. The monoisotopic (exact) mass is 913 g/mol. The minimum atomic E-state index is -4.38. The van der Waals surface area contributed by atoms with Gasteiger partial charge >= 0.3 is 19.8 Å². The SMILES string of the molecule is CCCCC/C=C/C/C=C/CCCCCCCCCC(=O)O[C@H](COC(=O)CCCCCCCCCCCCCCCCCCCCCCCC)COP(=O)(O)OCC[N+](C)(C)C. The average molecular weight is 913 g/mol. The molecular formula is C53H103NO8P+. The lowest BCUT2D eigenvalue weighted by Crippen LogP contribution is -2.37. The Balaban J connectivity index is 4.19. The molecule has 0 bridgehead atoms. The van der Waals surface area contributed by atoms with Gasteiger partial charge in [0.15, 0.2) is 6.10 Å². The molecule has 1 N–H and O–H groups in total. The Bertz CT molecular complexity index is 1120. The van der Waals surface area contributed by atoms with E-state index in [1.807, 2.05) is 21.1 Å². The lowest BCUT2D eigenvalue weighted by molar-refractivity contribution is -0.870. The first kappa shape index (κ1) is 61.5. The van der Waals surface area contributed by atoms with Crippen molar-refractivity contribution in [3.63, 3.8) is 0 Å². The first-order chi connectivity index (χ1) is 30.5. The van der Waals surface area contributed by atoms with E-state index in [1.54, 1.807) is 0 Å². The lowest BCUT2D eigenvalue weighted by atomic mass is 10.0. The maximum absolute atomic E-state index is 12.8. The maximum Gasteiger partial charge on any atom is 0.472 e.